The number of carbonyl (C=O) groups is 1. The van der Waals surface area contributed by atoms with Gasteiger partial charge in [0.2, 0.25) is 10.0 Å². The summed E-state index contributed by atoms with van der Waals surface area (Å²) >= 11 is 3.42. The first-order valence-electron chi connectivity index (χ1n) is 11.7. The number of benzene rings is 2. The molecule has 1 fully saturated rings. The topological polar surface area (TPSA) is 84.5 Å². The Bertz CT molecular complexity index is 1020. The summed E-state index contributed by atoms with van der Waals surface area (Å²) in [5.41, 5.74) is 0.945. The van der Waals surface area contributed by atoms with Gasteiger partial charge in [-0.15, -0.1) is 0 Å². The minimum atomic E-state index is -3.58. The van der Waals surface area contributed by atoms with Crippen molar-refractivity contribution in [2.45, 2.75) is 75.6 Å². The van der Waals surface area contributed by atoms with Crippen molar-refractivity contribution in [3.05, 3.63) is 52.5 Å². The fourth-order valence-corrected chi connectivity index (χ4v) is 5.61. The van der Waals surface area contributed by atoms with Crippen molar-refractivity contribution >= 4 is 37.5 Å². The average Bonchev–Trinajstić information content (AvgIpc) is 2.80. The standard InChI is InChI=1S/C25H33BrN2O4S/c1-2-3-4-8-17-32-24-16-11-19(26)18-23(24)25(29)27-20-12-14-22(15-13-20)33(30,31)28-21-9-6-5-7-10-21/h11-16,18,21,28H,2-10,17H2,1H3,(H,27,29). The summed E-state index contributed by atoms with van der Waals surface area (Å²) in [4.78, 5) is 13.1. The van der Waals surface area contributed by atoms with E-state index in [-0.39, 0.29) is 16.8 Å². The van der Waals surface area contributed by atoms with E-state index in [1.165, 1.54) is 18.6 Å². The van der Waals surface area contributed by atoms with Crippen LogP contribution in [0.1, 0.15) is 75.1 Å². The normalized spacial score (nSPS) is 14.7. The second-order valence-electron chi connectivity index (χ2n) is 8.48. The van der Waals surface area contributed by atoms with Crippen LogP contribution in [0.15, 0.2) is 51.8 Å². The van der Waals surface area contributed by atoms with Gasteiger partial charge in [0.05, 0.1) is 17.1 Å². The Morgan fingerprint density at radius 2 is 1.76 bits per heavy atom. The highest BCUT2D eigenvalue weighted by Gasteiger charge is 2.22. The molecule has 0 aromatic heterocycles. The van der Waals surface area contributed by atoms with Gasteiger partial charge in [0.1, 0.15) is 5.75 Å². The Balaban J connectivity index is 1.63. The number of halogens is 1. The number of rotatable bonds is 11. The van der Waals surface area contributed by atoms with Crippen LogP contribution in [0, 0.1) is 0 Å². The van der Waals surface area contributed by atoms with E-state index in [0.29, 0.717) is 23.6 Å². The van der Waals surface area contributed by atoms with E-state index in [2.05, 4.69) is 32.9 Å². The van der Waals surface area contributed by atoms with E-state index < -0.39 is 10.0 Å². The third-order valence-corrected chi connectivity index (χ3v) is 7.82. The van der Waals surface area contributed by atoms with Gasteiger partial charge >= 0.3 is 0 Å². The largest absolute Gasteiger partial charge is 0.493 e. The molecule has 0 heterocycles. The summed E-state index contributed by atoms with van der Waals surface area (Å²) in [5, 5.41) is 2.84. The zero-order valence-electron chi connectivity index (χ0n) is 19.1. The number of carbonyl (C=O) groups excluding carboxylic acids is 1. The van der Waals surface area contributed by atoms with Gasteiger partial charge in [0, 0.05) is 16.2 Å². The number of sulfonamides is 1. The maximum absolute atomic E-state index is 12.9. The molecule has 3 rings (SSSR count). The quantitative estimate of drug-likeness (QED) is 0.331. The number of unbranched alkanes of at least 4 members (excludes halogenated alkanes) is 3. The van der Waals surface area contributed by atoms with Crippen LogP contribution >= 0.6 is 15.9 Å². The van der Waals surface area contributed by atoms with Crippen LogP contribution < -0.4 is 14.8 Å². The van der Waals surface area contributed by atoms with Gasteiger partial charge in [-0.25, -0.2) is 13.1 Å². The lowest BCUT2D eigenvalue weighted by molar-refractivity contribution is 0.102. The van der Waals surface area contributed by atoms with E-state index in [9.17, 15) is 13.2 Å². The Labute approximate surface area is 205 Å². The third-order valence-electron chi connectivity index (χ3n) is 5.79. The molecule has 1 aliphatic rings. The highest BCUT2D eigenvalue weighted by molar-refractivity contribution is 9.10. The van der Waals surface area contributed by atoms with Crippen molar-refractivity contribution in [3.8, 4) is 5.75 Å². The lowest BCUT2D eigenvalue weighted by Crippen LogP contribution is -2.36. The first-order valence-corrected chi connectivity index (χ1v) is 14.0. The predicted molar refractivity (Wildman–Crippen MR) is 135 cm³/mol. The van der Waals surface area contributed by atoms with Gasteiger partial charge in [-0.05, 0) is 61.7 Å². The number of hydrogen-bond acceptors (Lipinski definition) is 4. The van der Waals surface area contributed by atoms with Crippen molar-refractivity contribution in [2.24, 2.45) is 0 Å². The minimum Gasteiger partial charge on any atom is -0.493 e. The Morgan fingerprint density at radius 1 is 1.03 bits per heavy atom. The number of nitrogens with one attached hydrogen (secondary N) is 2. The predicted octanol–water partition coefficient (Wildman–Crippen LogP) is 6.27. The summed E-state index contributed by atoms with van der Waals surface area (Å²) in [6.07, 6.45) is 9.38. The van der Waals surface area contributed by atoms with Gasteiger partial charge in [-0.2, -0.15) is 0 Å². The number of hydrogen-bond donors (Lipinski definition) is 2. The molecule has 0 atom stereocenters. The van der Waals surface area contributed by atoms with Crippen LogP contribution in [0.5, 0.6) is 5.75 Å². The van der Waals surface area contributed by atoms with Crippen LogP contribution in [0.4, 0.5) is 5.69 Å². The molecule has 1 amide bonds. The number of anilines is 1. The molecular formula is C25H33BrN2O4S. The lowest BCUT2D eigenvalue weighted by atomic mass is 9.96. The van der Waals surface area contributed by atoms with Crippen molar-refractivity contribution in [2.75, 3.05) is 11.9 Å². The maximum atomic E-state index is 12.9. The van der Waals surface area contributed by atoms with E-state index in [4.69, 9.17) is 4.74 Å². The lowest BCUT2D eigenvalue weighted by Gasteiger charge is -2.22. The first-order chi connectivity index (χ1) is 15.9. The molecule has 33 heavy (non-hydrogen) atoms. The van der Waals surface area contributed by atoms with E-state index in [0.717, 1.165) is 55.8 Å². The molecule has 0 radical (unpaired) electrons. The summed E-state index contributed by atoms with van der Waals surface area (Å²) in [5.74, 6) is 0.221. The first kappa shape index (κ1) is 25.7. The highest BCUT2D eigenvalue weighted by Crippen LogP contribution is 2.26. The molecule has 2 aromatic rings. The summed E-state index contributed by atoms with van der Waals surface area (Å²) in [6.45, 7) is 2.72. The summed E-state index contributed by atoms with van der Waals surface area (Å²) in [7, 11) is -3.58. The molecule has 0 saturated heterocycles. The Kier molecular flexibility index (Phi) is 9.77. The summed E-state index contributed by atoms with van der Waals surface area (Å²) in [6, 6.07) is 11.6. The average molecular weight is 538 g/mol. The Morgan fingerprint density at radius 3 is 2.45 bits per heavy atom. The summed E-state index contributed by atoms with van der Waals surface area (Å²) < 4.78 is 34.8. The van der Waals surface area contributed by atoms with Crippen molar-refractivity contribution < 1.29 is 17.9 Å². The van der Waals surface area contributed by atoms with E-state index >= 15 is 0 Å². The van der Waals surface area contributed by atoms with Crippen LogP contribution in [-0.4, -0.2) is 27.0 Å². The second-order valence-corrected chi connectivity index (χ2v) is 11.1. The highest BCUT2D eigenvalue weighted by atomic mass is 79.9. The van der Waals surface area contributed by atoms with E-state index in [1.54, 1.807) is 24.3 Å². The maximum Gasteiger partial charge on any atom is 0.259 e. The number of amides is 1. The molecule has 0 aliphatic heterocycles. The molecule has 180 valence electrons. The van der Waals surface area contributed by atoms with Gasteiger partial charge in [-0.1, -0.05) is 61.4 Å². The SMILES string of the molecule is CCCCCCOc1ccc(Br)cc1C(=O)Nc1ccc(S(=O)(=O)NC2CCCCC2)cc1. The van der Waals surface area contributed by atoms with Gasteiger partial charge < -0.3 is 10.1 Å². The van der Waals surface area contributed by atoms with Gasteiger partial charge in [0.25, 0.3) is 5.91 Å². The molecule has 1 aliphatic carbocycles. The van der Waals surface area contributed by atoms with Crippen LogP contribution in [0.25, 0.3) is 0 Å². The molecule has 0 spiro atoms. The fourth-order valence-electron chi connectivity index (χ4n) is 3.94. The molecule has 8 heteroatoms. The molecule has 1 saturated carbocycles. The molecule has 6 nitrogen and oxygen atoms in total. The van der Waals surface area contributed by atoms with E-state index in [1.807, 2.05) is 6.07 Å². The number of ether oxygens (including phenoxy) is 1. The zero-order valence-corrected chi connectivity index (χ0v) is 21.5. The third kappa shape index (κ3) is 7.83. The van der Waals surface area contributed by atoms with Crippen LogP contribution in [0.2, 0.25) is 0 Å². The van der Waals surface area contributed by atoms with Crippen molar-refractivity contribution in [3.63, 3.8) is 0 Å². The monoisotopic (exact) mass is 536 g/mol. The zero-order chi connectivity index (χ0) is 23.7. The molecule has 2 N–H and O–H groups in total. The molecule has 0 unspecified atom stereocenters. The van der Waals surface area contributed by atoms with Gasteiger partial charge in [0.15, 0.2) is 0 Å². The Hall–Kier alpha value is -1.90. The molecule has 0 bridgehead atoms. The van der Waals surface area contributed by atoms with Gasteiger partial charge in [-0.3, -0.25) is 4.79 Å². The van der Waals surface area contributed by atoms with Crippen molar-refractivity contribution in [1.29, 1.82) is 0 Å². The molecule has 2 aromatic carbocycles. The minimum absolute atomic E-state index is 0.0000465. The van der Waals surface area contributed by atoms with Crippen LogP contribution in [0.3, 0.4) is 0 Å². The fraction of sp³-hybridized carbons (Fsp3) is 0.480. The van der Waals surface area contributed by atoms with Crippen molar-refractivity contribution in [1.82, 2.24) is 4.72 Å². The van der Waals surface area contributed by atoms with Crippen LogP contribution in [-0.2, 0) is 10.0 Å². The molecular weight excluding hydrogens is 504 g/mol. The second kappa shape index (κ2) is 12.5. The smallest absolute Gasteiger partial charge is 0.259 e.